The predicted molar refractivity (Wildman–Crippen MR) is 86.4 cm³/mol. The minimum Gasteiger partial charge on any atom is -0.480 e. The van der Waals surface area contributed by atoms with E-state index in [2.05, 4.69) is 9.97 Å². The lowest BCUT2D eigenvalue weighted by molar-refractivity contribution is -0.152. The van der Waals surface area contributed by atoms with Crippen molar-refractivity contribution in [3.8, 4) is 0 Å². The number of nitrogens with zero attached hydrogens (tertiary/aromatic N) is 2. The summed E-state index contributed by atoms with van der Waals surface area (Å²) in [6.45, 7) is 2.29. The normalized spacial score (nSPS) is 21.2. The van der Waals surface area contributed by atoms with Crippen LogP contribution in [0.4, 0.5) is 0 Å². The molecule has 4 rings (SSSR count). The van der Waals surface area contributed by atoms with E-state index in [1.54, 1.807) is 6.33 Å². The molecule has 6 nitrogen and oxygen atoms in total. The van der Waals surface area contributed by atoms with Crippen LogP contribution < -0.4 is 0 Å². The molecule has 1 fully saturated rings. The van der Waals surface area contributed by atoms with Crippen LogP contribution in [0.3, 0.4) is 0 Å². The largest absolute Gasteiger partial charge is 0.480 e. The maximum absolute atomic E-state index is 13.2. The van der Waals surface area contributed by atoms with Crippen LogP contribution in [-0.4, -0.2) is 37.9 Å². The zero-order valence-corrected chi connectivity index (χ0v) is 13.5. The molecule has 1 aliphatic heterocycles. The minimum absolute atomic E-state index is 0.0843. The van der Waals surface area contributed by atoms with E-state index >= 15 is 0 Å². The summed E-state index contributed by atoms with van der Waals surface area (Å²) in [5.74, 6) is -1.06. The number of rotatable bonds is 3. The molecule has 2 N–H and O–H groups in total. The van der Waals surface area contributed by atoms with Gasteiger partial charge in [0.15, 0.2) is 0 Å². The van der Waals surface area contributed by atoms with Crippen LogP contribution in [0.2, 0.25) is 0 Å². The van der Waals surface area contributed by atoms with Gasteiger partial charge in [0.25, 0.3) is 0 Å². The number of benzene rings is 1. The van der Waals surface area contributed by atoms with Gasteiger partial charge >= 0.3 is 5.97 Å². The van der Waals surface area contributed by atoms with Crippen molar-refractivity contribution in [2.24, 2.45) is 0 Å². The summed E-state index contributed by atoms with van der Waals surface area (Å²) >= 11 is 0. The molecule has 0 bridgehead atoms. The number of H-pyrrole nitrogens is 1. The van der Waals surface area contributed by atoms with E-state index in [1.165, 1.54) is 4.90 Å². The Morgan fingerprint density at radius 2 is 2.00 bits per heavy atom. The minimum atomic E-state index is -0.975. The molecule has 1 amide bonds. The Kier molecular flexibility index (Phi) is 3.23. The van der Waals surface area contributed by atoms with Crippen molar-refractivity contribution >= 4 is 11.9 Å². The number of carbonyl (C=O) groups is 2. The Hall–Kier alpha value is -2.63. The lowest BCUT2D eigenvalue weighted by Crippen LogP contribution is -2.52. The molecule has 2 heterocycles. The second-order valence-corrected chi connectivity index (χ2v) is 6.77. The van der Waals surface area contributed by atoms with E-state index in [9.17, 15) is 14.7 Å². The topological polar surface area (TPSA) is 86.3 Å². The average Bonchev–Trinajstić information content (AvgIpc) is 3.25. The molecule has 0 unspecified atom stereocenters. The number of aromatic nitrogens is 2. The Labute approximate surface area is 139 Å². The number of aliphatic carboxylic acids is 1. The lowest BCUT2D eigenvalue weighted by atomic mass is 9.91. The van der Waals surface area contributed by atoms with Crippen molar-refractivity contribution in [2.45, 2.75) is 44.2 Å². The Morgan fingerprint density at radius 1 is 1.29 bits per heavy atom. The van der Waals surface area contributed by atoms with Gasteiger partial charge in [0.2, 0.25) is 5.91 Å². The number of aryl methyl sites for hydroxylation is 1. The van der Waals surface area contributed by atoms with Crippen LogP contribution in [0.15, 0.2) is 30.6 Å². The van der Waals surface area contributed by atoms with Crippen molar-refractivity contribution in [1.29, 1.82) is 0 Å². The molecule has 1 aromatic carbocycles. The second-order valence-electron chi connectivity index (χ2n) is 6.77. The summed E-state index contributed by atoms with van der Waals surface area (Å²) in [7, 11) is 0. The summed E-state index contributed by atoms with van der Waals surface area (Å²) in [6, 6.07) is 7.13. The fourth-order valence-electron chi connectivity index (χ4n) is 3.57. The number of hydrogen-bond acceptors (Lipinski definition) is 3. The third-order valence-corrected chi connectivity index (χ3v) is 5.21. The Morgan fingerprint density at radius 3 is 2.62 bits per heavy atom. The van der Waals surface area contributed by atoms with Crippen LogP contribution in [0.5, 0.6) is 0 Å². The number of carboxylic acids is 1. The smallest absolute Gasteiger partial charge is 0.326 e. The molecule has 0 radical (unpaired) electrons. The zero-order chi connectivity index (χ0) is 16.9. The third kappa shape index (κ3) is 2.21. The van der Waals surface area contributed by atoms with Gasteiger partial charge in [-0.25, -0.2) is 9.78 Å². The Bertz CT molecular complexity index is 805. The quantitative estimate of drug-likeness (QED) is 0.901. The Balaban J connectivity index is 1.68. The van der Waals surface area contributed by atoms with Gasteiger partial charge in [-0.3, -0.25) is 4.79 Å². The molecule has 1 saturated carbocycles. The van der Waals surface area contributed by atoms with Gasteiger partial charge in [-0.2, -0.15) is 0 Å². The summed E-state index contributed by atoms with van der Waals surface area (Å²) in [5, 5.41) is 9.58. The van der Waals surface area contributed by atoms with Gasteiger partial charge in [-0.15, -0.1) is 0 Å². The predicted octanol–water partition coefficient (Wildman–Crippen LogP) is 1.79. The van der Waals surface area contributed by atoms with E-state index in [0.717, 1.165) is 35.4 Å². The van der Waals surface area contributed by atoms with E-state index < -0.39 is 17.4 Å². The van der Waals surface area contributed by atoms with E-state index in [-0.39, 0.29) is 18.9 Å². The van der Waals surface area contributed by atoms with Gasteiger partial charge in [0.1, 0.15) is 6.04 Å². The van der Waals surface area contributed by atoms with Crippen LogP contribution in [0, 0.1) is 6.92 Å². The monoisotopic (exact) mass is 325 g/mol. The van der Waals surface area contributed by atoms with E-state index in [1.807, 2.05) is 31.2 Å². The molecule has 6 heteroatoms. The maximum Gasteiger partial charge on any atom is 0.326 e. The van der Waals surface area contributed by atoms with Gasteiger partial charge in [0.05, 0.1) is 29.7 Å². The molecule has 24 heavy (non-hydrogen) atoms. The molecular weight excluding hydrogens is 306 g/mol. The standard InChI is InChI=1S/C18H19N3O3/c1-11-2-4-12(5-3-11)18(6-7-18)17(24)21-9-14-13(19-10-20-14)8-15(21)16(22)23/h2-5,10,15H,6-9H2,1H3,(H,19,20)(H,22,23)/t15-/m1/s1. The highest BCUT2D eigenvalue weighted by molar-refractivity contribution is 5.94. The molecular formula is C18H19N3O3. The highest BCUT2D eigenvalue weighted by atomic mass is 16.4. The van der Waals surface area contributed by atoms with E-state index in [4.69, 9.17) is 0 Å². The first-order valence-electron chi connectivity index (χ1n) is 8.13. The summed E-state index contributed by atoms with van der Waals surface area (Å²) in [6.07, 6.45) is 3.36. The number of nitrogens with one attached hydrogen (secondary N) is 1. The van der Waals surface area contributed by atoms with Gasteiger partial charge < -0.3 is 15.0 Å². The molecule has 124 valence electrons. The number of carboxylic acid groups (broad SMARTS) is 1. The van der Waals surface area contributed by atoms with Gasteiger partial charge in [0, 0.05) is 6.42 Å². The molecule has 2 aromatic rings. The number of hydrogen-bond donors (Lipinski definition) is 2. The van der Waals surface area contributed by atoms with Crippen molar-refractivity contribution in [2.75, 3.05) is 0 Å². The highest BCUT2D eigenvalue weighted by Gasteiger charge is 2.55. The lowest BCUT2D eigenvalue weighted by Gasteiger charge is -2.35. The van der Waals surface area contributed by atoms with Gasteiger partial charge in [-0.1, -0.05) is 29.8 Å². The summed E-state index contributed by atoms with van der Waals surface area (Å²) in [4.78, 5) is 33.6. The number of carbonyl (C=O) groups excluding carboxylic acids is 1. The van der Waals surface area contributed by atoms with Crippen LogP contribution in [-0.2, 0) is 28.0 Å². The highest BCUT2D eigenvalue weighted by Crippen LogP contribution is 2.50. The fraction of sp³-hybridized carbons (Fsp3) is 0.389. The number of fused-ring (bicyclic) bond motifs is 1. The van der Waals surface area contributed by atoms with Crippen LogP contribution in [0.25, 0.3) is 0 Å². The third-order valence-electron chi connectivity index (χ3n) is 5.21. The fourth-order valence-corrected chi connectivity index (χ4v) is 3.57. The number of aromatic amines is 1. The second kappa shape index (κ2) is 5.19. The first-order valence-corrected chi connectivity index (χ1v) is 8.13. The molecule has 1 aliphatic carbocycles. The maximum atomic E-state index is 13.2. The van der Waals surface area contributed by atoms with Crippen LogP contribution >= 0.6 is 0 Å². The summed E-state index contributed by atoms with van der Waals surface area (Å²) < 4.78 is 0. The number of amides is 1. The molecule has 0 saturated heterocycles. The van der Waals surface area contributed by atoms with Crippen molar-refractivity contribution in [3.05, 3.63) is 53.1 Å². The van der Waals surface area contributed by atoms with Crippen molar-refractivity contribution < 1.29 is 14.7 Å². The molecule has 2 aliphatic rings. The van der Waals surface area contributed by atoms with Gasteiger partial charge in [-0.05, 0) is 25.3 Å². The SMILES string of the molecule is Cc1ccc(C2(C(=O)N3Cc4[nH]cnc4C[C@@H]3C(=O)O)CC2)cc1. The molecule has 0 spiro atoms. The summed E-state index contributed by atoms with van der Waals surface area (Å²) in [5.41, 5.74) is 3.15. The van der Waals surface area contributed by atoms with Crippen molar-refractivity contribution in [3.63, 3.8) is 0 Å². The molecule has 1 atom stereocenters. The van der Waals surface area contributed by atoms with Crippen LogP contribution in [0.1, 0.15) is 35.4 Å². The van der Waals surface area contributed by atoms with Crippen molar-refractivity contribution in [1.82, 2.24) is 14.9 Å². The zero-order valence-electron chi connectivity index (χ0n) is 13.5. The molecule has 1 aromatic heterocycles. The average molecular weight is 325 g/mol. The van der Waals surface area contributed by atoms with E-state index in [0.29, 0.717) is 0 Å². The number of imidazole rings is 1. The first kappa shape index (κ1) is 14.9. The first-order chi connectivity index (χ1) is 11.5.